The molecule has 0 aliphatic carbocycles. The Morgan fingerprint density at radius 1 is 0.974 bits per heavy atom. The number of carbonyl (C=O) groups is 4. The lowest BCUT2D eigenvalue weighted by Gasteiger charge is -2.33. The number of hydrogen-bond acceptors (Lipinski definition) is 9. The van der Waals surface area contributed by atoms with Crippen molar-refractivity contribution in [2.75, 3.05) is 19.8 Å². The molecule has 2 amide bonds. The number of esters is 2. The number of nitro groups is 1. The molecule has 0 spiro atoms. The zero-order valence-electron chi connectivity index (χ0n) is 21.0. The van der Waals surface area contributed by atoms with Crippen LogP contribution in [-0.4, -0.2) is 59.0 Å². The average Bonchev–Trinajstić information content (AvgIpc) is 3.13. The van der Waals surface area contributed by atoms with Gasteiger partial charge in [-0.15, -0.1) is 0 Å². The van der Waals surface area contributed by atoms with E-state index in [1.165, 1.54) is 24.3 Å². The minimum absolute atomic E-state index is 0.0163. The van der Waals surface area contributed by atoms with E-state index < -0.39 is 40.5 Å². The number of imide groups is 1. The van der Waals surface area contributed by atoms with Crippen molar-refractivity contribution in [1.82, 2.24) is 4.90 Å². The molecule has 2 atom stereocenters. The lowest BCUT2D eigenvalue weighted by Crippen LogP contribution is -2.39. The molecule has 2 aliphatic heterocycles. The summed E-state index contributed by atoms with van der Waals surface area (Å²) in [6, 6.07) is 11.8. The standard InChI is InChI=1S/C27H25N3O8/c1-4-37-26(33)21-15(3)28-20(14-29-24(31)18-8-6-7-9-19(18)25(29)32)23(27(34)38-5-2)22(21)16-10-12-17(13-11-16)30(35)36/h6-13,21-22H,4-5,14H2,1-3H3. The number of fused-ring (bicyclic) bond motifs is 1. The molecule has 38 heavy (non-hydrogen) atoms. The zero-order valence-corrected chi connectivity index (χ0v) is 21.0. The third-order valence-electron chi connectivity index (χ3n) is 6.40. The fraction of sp³-hybridized carbons (Fsp3) is 0.296. The summed E-state index contributed by atoms with van der Waals surface area (Å²) in [7, 11) is 0. The largest absolute Gasteiger partial charge is 0.465 e. The van der Waals surface area contributed by atoms with Crippen LogP contribution in [0.2, 0.25) is 0 Å². The molecule has 2 aliphatic rings. The van der Waals surface area contributed by atoms with E-state index in [9.17, 15) is 29.3 Å². The van der Waals surface area contributed by atoms with Crippen LogP contribution in [0, 0.1) is 16.0 Å². The van der Waals surface area contributed by atoms with Crippen molar-refractivity contribution in [2.45, 2.75) is 26.7 Å². The van der Waals surface area contributed by atoms with Crippen LogP contribution in [0.3, 0.4) is 0 Å². The number of rotatable bonds is 8. The van der Waals surface area contributed by atoms with Crippen molar-refractivity contribution < 1.29 is 33.6 Å². The van der Waals surface area contributed by atoms with Crippen molar-refractivity contribution in [3.8, 4) is 0 Å². The summed E-state index contributed by atoms with van der Waals surface area (Å²) in [5.41, 5.74) is 1.07. The van der Waals surface area contributed by atoms with E-state index in [0.717, 1.165) is 4.90 Å². The summed E-state index contributed by atoms with van der Waals surface area (Å²) in [6.07, 6.45) is 0. The van der Waals surface area contributed by atoms with Crippen LogP contribution in [-0.2, 0) is 19.1 Å². The molecule has 0 aromatic heterocycles. The highest BCUT2D eigenvalue weighted by Gasteiger charge is 2.45. The maximum Gasteiger partial charge on any atom is 0.336 e. The molecule has 2 aromatic rings. The SMILES string of the molecule is CCOC(=O)C1=C(CN2C(=O)c3ccccc3C2=O)N=C(C)C(C(=O)OCC)C1c1ccc([N+](=O)[O-])cc1. The fourth-order valence-corrected chi connectivity index (χ4v) is 4.74. The molecule has 0 saturated heterocycles. The summed E-state index contributed by atoms with van der Waals surface area (Å²) in [4.78, 5) is 68.7. The summed E-state index contributed by atoms with van der Waals surface area (Å²) in [5, 5.41) is 11.2. The number of ether oxygens (including phenoxy) is 2. The second kappa shape index (κ2) is 10.8. The quantitative estimate of drug-likeness (QED) is 0.223. The molecule has 4 rings (SSSR count). The number of amides is 2. The van der Waals surface area contributed by atoms with Gasteiger partial charge in [0.1, 0.15) is 5.92 Å². The number of non-ortho nitro benzene ring substituents is 1. The third kappa shape index (κ3) is 4.70. The van der Waals surface area contributed by atoms with Gasteiger partial charge in [-0.2, -0.15) is 0 Å². The van der Waals surface area contributed by atoms with Crippen molar-refractivity contribution in [3.63, 3.8) is 0 Å². The molecule has 0 fully saturated rings. The Hall–Kier alpha value is -4.67. The van der Waals surface area contributed by atoms with Gasteiger partial charge < -0.3 is 9.47 Å². The lowest BCUT2D eigenvalue weighted by atomic mass is 9.75. The van der Waals surface area contributed by atoms with Gasteiger partial charge in [0, 0.05) is 23.8 Å². The number of aliphatic imine (C=N–C) groups is 1. The topological polar surface area (TPSA) is 145 Å². The van der Waals surface area contributed by atoms with Crippen LogP contribution in [0.1, 0.15) is 53.0 Å². The monoisotopic (exact) mass is 519 g/mol. The second-order valence-electron chi connectivity index (χ2n) is 8.63. The van der Waals surface area contributed by atoms with Crippen LogP contribution in [0.5, 0.6) is 0 Å². The first-order valence-corrected chi connectivity index (χ1v) is 12.0. The van der Waals surface area contributed by atoms with Crippen LogP contribution in [0.25, 0.3) is 0 Å². The van der Waals surface area contributed by atoms with E-state index >= 15 is 0 Å². The van der Waals surface area contributed by atoms with Gasteiger partial charge in [0.2, 0.25) is 0 Å². The van der Waals surface area contributed by atoms with Gasteiger partial charge in [0.05, 0.1) is 47.1 Å². The van der Waals surface area contributed by atoms with Crippen molar-refractivity contribution in [2.24, 2.45) is 10.9 Å². The smallest absolute Gasteiger partial charge is 0.336 e. The Morgan fingerprint density at radius 2 is 1.55 bits per heavy atom. The first kappa shape index (κ1) is 26.4. The molecular weight excluding hydrogens is 494 g/mol. The maximum absolute atomic E-state index is 13.4. The van der Waals surface area contributed by atoms with E-state index in [4.69, 9.17) is 9.47 Å². The Morgan fingerprint density at radius 3 is 2.08 bits per heavy atom. The summed E-state index contributed by atoms with van der Waals surface area (Å²) < 4.78 is 10.6. The van der Waals surface area contributed by atoms with Gasteiger partial charge in [-0.3, -0.25) is 34.4 Å². The van der Waals surface area contributed by atoms with Gasteiger partial charge in [0.15, 0.2) is 0 Å². The van der Waals surface area contributed by atoms with Crippen molar-refractivity contribution in [3.05, 3.63) is 86.6 Å². The van der Waals surface area contributed by atoms with Gasteiger partial charge in [-0.25, -0.2) is 4.79 Å². The van der Waals surface area contributed by atoms with Crippen LogP contribution in [0.4, 0.5) is 5.69 Å². The number of carbonyl (C=O) groups excluding carboxylic acids is 4. The van der Waals surface area contributed by atoms with Gasteiger partial charge in [-0.05, 0) is 38.5 Å². The summed E-state index contributed by atoms with van der Waals surface area (Å²) in [6.45, 7) is 4.60. The number of benzene rings is 2. The van der Waals surface area contributed by atoms with Crippen LogP contribution < -0.4 is 0 Å². The highest BCUT2D eigenvalue weighted by molar-refractivity contribution is 6.21. The Balaban J connectivity index is 1.87. The van der Waals surface area contributed by atoms with E-state index in [0.29, 0.717) is 11.3 Å². The predicted molar refractivity (Wildman–Crippen MR) is 135 cm³/mol. The zero-order chi connectivity index (χ0) is 27.6. The van der Waals surface area contributed by atoms with Crippen LogP contribution in [0.15, 0.2) is 64.8 Å². The predicted octanol–water partition coefficient (Wildman–Crippen LogP) is 3.45. The molecule has 0 N–H and O–H groups in total. The Kier molecular flexibility index (Phi) is 7.47. The molecule has 2 heterocycles. The lowest BCUT2D eigenvalue weighted by molar-refractivity contribution is -0.384. The van der Waals surface area contributed by atoms with E-state index in [1.807, 2.05) is 0 Å². The first-order valence-electron chi connectivity index (χ1n) is 12.0. The number of nitro benzene ring substituents is 1. The van der Waals surface area contributed by atoms with Gasteiger partial charge in [-0.1, -0.05) is 24.3 Å². The fourth-order valence-electron chi connectivity index (χ4n) is 4.74. The number of hydrogen-bond donors (Lipinski definition) is 0. The normalized spacial score (nSPS) is 18.7. The van der Waals surface area contributed by atoms with Gasteiger partial charge >= 0.3 is 11.9 Å². The summed E-state index contributed by atoms with van der Waals surface area (Å²) in [5.74, 6) is -4.52. The average molecular weight is 520 g/mol. The van der Waals surface area contributed by atoms with Gasteiger partial charge in [0.25, 0.3) is 17.5 Å². The molecule has 2 aromatic carbocycles. The molecule has 0 saturated carbocycles. The minimum atomic E-state index is -1.04. The Labute approximate surface area is 217 Å². The van der Waals surface area contributed by atoms with E-state index in [-0.39, 0.29) is 47.8 Å². The molecule has 0 bridgehead atoms. The molecule has 0 radical (unpaired) electrons. The highest BCUT2D eigenvalue weighted by atomic mass is 16.6. The van der Waals surface area contributed by atoms with E-state index in [2.05, 4.69) is 4.99 Å². The van der Waals surface area contributed by atoms with E-state index in [1.54, 1.807) is 45.0 Å². The summed E-state index contributed by atoms with van der Waals surface area (Å²) >= 11 is 0. The van der Waals surface area contributed by atoms with Crippen LogP contribution >= 0.6 is 0 Å². The molecule has 196 valence electrons. The molecule has 11 heteroatoms. The Bertz CT molecular complexity index is 1360. The molecule has 2 unspecified atom stereocenters. The minimum Gasteiger partial charge on any atom is -0.465 e. The number of nitrogens with zero attached hydrogens (tertiary/aromatic N) is 3. The molecular formula is C27H25N3O8. The van der Waals surface area contributed by atoms with Crippen molar-refractivity contribution >= 4 is 35.2 Å². The third-order valence-corrected chi connectivity index (χ3v) is 6.40. The second-order valence-corrected chi connectivity index (χ2v) is 8.63. The molecule has 11 nitrogen and oxygen atoms in total. The highest BCUT2D eigenvalue weighted by Crippen LogP contribution is 2.41. The van der Waals surface area contributed by atoms with Crippen molar-refractivity contribution in [1.29, 1.82) is 0 Å². The first-order chi connectivity index (χ1) is 18.2. The maximum atomic E-state index is 13.4.